The van der Waals surface area contributed by atoms with Gasteiger partial charge in [-0.2, -0.15) is 11.8 Å². The molecule has 0 aromatic carbocycles. The van der Waals surface area contributed by atoms with E-state index in [0.717, 1.165) is 12.8 Å². The van der Waals surface area contributed by atoms with Crippen molar-refractivity contribution in [3.05, 3.63) is 0 Å². The monoisotopic (exact) mass is 659 g/mol. The third-order valence-electron chi connectivity index (χ3n) is 6.85. The highest BCUT2D eigenvalue weighted by Crippen LogP contribution is 2.14. The molecule has 2 atom stereocenters. The molecule has 0 aromatic rings. The fraction of sp³-hybridized carbons (Fsp3) is 0.882. The summed E-state index contributed by atoms with van der Waals surface area (Å²) in [4.78, 5) is 50.2. The Bertz CT molecular complexity index is 828. The van der Waals surface area contributed by atoms with Gasteiger partial charge in [-0.05, 0) is 48.0 Å². The van der Waals surface area contributed by atoms with Gasteiger partial charge in [-0.25, -0.2) is 9.59 Å². The van der Waals surface area contributed by atoms with E-state index in [1.165, 1.54) is 89.5 Å². The van der Waals surface area contributed by atoms with Crippen LogP contribution in [-0.2, 0) is 28.6 Å². The first-order valence-corrected chi connectivity index (χ1v) is 18.2. The van der Waals surface area contributed by atoms with Crippen LogP contribution in [0.25, 0.3) is 0 Å². The van der Waals surface area contributed by atoms with Crippen molar-refractivity contribution in [3.63, 3.8) is 0 Å². The third-order valence-corrected chi connectivity index (χ3v) is 7.91. The predicted octanol–water partition coefficient (Wildman–Crippen LogP) is 6.68. The number of thioether (sulfide) groups is 1. The average molecular weight is 660 g/mol. The number of carbonyl (C=O) groups excluding carboxylic acids is 4. The SMILES string of the molecule is CCCCCCCCCCCCCCCC(=O)NCCSC[C@H](NC(=O)OC(C)(C)C)C(=O)N[C@@H](COC(C)(C)C)C(=O)OC. The average Bonchev–Trinajstić information content (AvgIpc) is 2.94. The van der Waals surface area contributed by atoms with E-state index in [1.807, 2.05) is 20.8 Å². The zero-order valence-electron chi connectivity index (χ0n) is 29.6. The van der Waals surface area contributed by atoms with Crippen LogP contribution in [0, 0.1) is 0 Å². The summed E-state index contributed by atoms with van der Waals surface area (Å²) in [6.07, 6.45) is 16.2. The number of unbranched alkanes of at least 4 members (excludes halogenated alkanes) is 12. The van der Waals surface area contributed by atoms with Crippen LogP contribution in [0.2, 0.25) is 0 Å². The molecule has 0 aromatic heterocycles. The number of alkyl carbamates (subject to hydrolysis) is 1. The van der Waals surface area contributed by atoms with E-state index in [2.05, 4.69) is 22.9 Å². The quantitative estimate of drug-likeness (QED) is 0.0730. The normalized spacial score (nSPS) is 13.1. The molecule has 10 nitrogen and oxygen atoms in total. The first-order valence-electron chi connectivity index (χ1n) is 17.0. The van der Waals surface area contributed by atoms with Gasteiger partial charge >= 0.3 is 12.1 Å². The molecule has 264 valence electrons. The smallest absolute Gasteiger partial charge is 0.408 e. The lowest BCUT2D eigenvalue weighted by Gasteiger charge is -2.26. The Morgan fingerprint density at radius 1 is 0.711 bits per heavy atom. The van der Waals surface area contributed by atoms with Gasteiger partial charge in [0.2, 0.25) is 11.8 Å². The van der Waals surface area contributed by atoms with Crippen molar-refractivity contribution >= 4 is 35.6 Å². The second kappa shape index (κ2) is 25.1. The molecule has 0 unspecified atom stereocenters. The number of hydrogen-bond donors (Lipinski definition) is 3. The molecule has 0 aliphatic rings. The summed E-state index contributed by atoms with van der Waals surface area (Å²) >= 11 is 1.40. The van der Waals surface area contributed by atoms with E-state index in [9.17, 15) is 19.2 Å². The summed E-state index contributed by atoms with van der Waals surface area (Å²) < 4.78 is 15.8. The molecule has 0 rings (SSSR count). The highest BCUT2D eigenvalue weighted by atomic mass is 32.2. The lowest BCUT2D eigenvalue weighted by atomic mass is 10.0. The minimum atomic E-state index is -1.04. The zero-order chi connectivity index (χ0) is 34.1. The van der Waals surface area contributed by atoms with Gasteiger partial charge in [0.1, 0.15) is 11.6 Å². The Morgan fingerprint density at radius 3 is 1.73 bits per heavy atom. The summed E-state index contributed by atoms with van der Waals surface area (Å²) in [5.41, 5.74) is -1.27. The van der Waals surface area contributed by atoms with Crippen LogP contribution in [0.3, 0.4) is 0 Å². The minimum Gasteiger partial charge on any atom is -0.467 e. The molecule has 0 heterocycles. The molecule has 0 saturated heterocycles. The maximum absolute atomic E-state index is 13.1. The van der Waals surface area contributed by atoms with Crippen molar-refractivity contribution in [1.82, 2.24) is 16.0 Å². The Morgan fingerprint density at radius 2 is 1.24 bits per heavy atom. The summed E-state index contributed by atoms with van der Waals surface area (Å²) in [7, 11) is 1.23. The van der Waals surface area contributed by atoms with E-state index in [0.29, 0.717) is 18.7 Å². The summed E-state index contributed by atoms with van der Waals surface area (Å²) in [6, 6.07) is -2.02. The predicted molar refractivity (Wildman–Crippen MR) is 183 cm³/mol. The standard InChI is InChI=1S/C34H65N3O7S/c1-9-10-11-12-13-14-15-16-17-18-19-20-21-22-29(38)35-23-24-45-26-28(37-32(41)44-34(5,6)7)30(39)36-27(31(40)42-8)25-43-33(2,3)4/h27-28H,9-26H2,1-8H3,(H,35,38)(H,36,39)(H,37,41)/t27-,28-/m0/s1. The molecule has 0 saturated carbocycles. The molecule has 0 aliphatic heterocycles. The van der Waals surface area contributed by atoms with E-state index in [1.54, 1.807) is 20.8 Å². The van der Waals surface area contributed by atoms with Crippen molar-refractivity contribution in [1.29, 1.82) is 0 Å². The van der Waals surface area contributed by atoms with Gasteiger partial charge in [0.05, 0.1) is 19.3 Å². The zero-order valence-corrected chi connectivity index (χ0v) is 30.5. The van der Waals surface area contributed by atoms with Crippen LogP contribution in [0.1, 0.15) is 138 Å². The molecule has 45 heavy (non-hydrogen) atoms. The van der Waals surface area contributed by atoms with Crippen molar-refractivity contribution in [2.45, 2.75) is 162 Å². The number of carbonyl (C=O) groups is 4. The second-order valence-corrected chi connectivity index (χ2v) is 14.8. The van der Waals surface area contributed by atoms with Crippen LogP contribution in [0.5, 0.6) is 0 Å². The summed E-state index contributed by atoms with van der Waals surface area (Å²) in [5.74, 6) is -0.416. The molecule has 11 heteroatoms. The largest absolute Gasteiger partial charge is 0.467 e. The van der Waals surface area contributed by atoms with Crippen LogP contribution >= 0.6 is 11.8 Å². The number of nitrogens with one attached hydrogen (secondary N) is 3. The fourth-order valence-electron chi connectivity index (χ4n) is 4.40. The Labute approximate surface area is 278 Å². The highest BCUT2D eigenvalue weighted by Gasteiger charge is 2.30. The van der Waals surface area contributed by atoms with Crippen LogP contribution in [0.4, 0.5) is 4.79 Å². The molecular formula is C34H65N3O7S. The second-order valence-electron chi connectivity index (χ2n) is 13.6. The van der Waals surface area contributed by atoms with E-state index in [-0.39, 0.29) is 18.3 Å². The summed E-state index contributed by atoms with van der Waals surface area (Å²) in [6.45, 7) is 13.3. The van der Waals surface area contributed by atoms with Gasteiger partial charge < -0.3 is 30.2 Å². The van der Waals surface area contributed by atoms with Gasteiger partial charge in [-0.1, -0.05) is 84.0 Å². The van der Waals surface area contributed by atoms with Crippen molar-refractivity contribution < 1.29 is 33.4 Å². The van der Waals surface area contributed by atoms with E-state index < -0.39 is 41.3 Å². The van der Waals surface area contributed by atoms with Crippen molar-refractivity contribution in [3.8, 4) is 0 Å². The van der Waals surface area contributed by atoms with Crippen LogP contribution in [-0.4, -0.2) is 78.9 Å². The maximum Gasteiger partial charge on any atom is 0.408 e. The first kappa shape index (κ1) is 43.0. The number of hydrogen-bond acceptors (Lipinski definition) is 8. The Hall–Kier alpha value is -2.01. The molecule has 0 spiro atoms. The van der Waals surface area contributed by atoms with Gasteiger partial charge in [0.25, 0.3) is 0 Å². The topological polar surface area (TPSA) is 132 Å². The molecule has 0 bridgehead atoms. The molecule has 0 aliphatic carbocycles. The third kappa shape index (κ3) is 26.9. The summed E-state index contributed by atoms with van der Waals surface area (Å²) in [5, 5.41) is 8.17. The minimum absolute atomic E-state index is 0.0274. The number of esters is 1. The molecule has 0 fully saturated rings. The van der Waals surface area contributed by atoms with Crippen LogP contribution < -0.4 is 16.0 Å². The molecule has 0 radical (unpaired) electrons. The molecule has 3 N–H and O–H groups in total. The Kier molecular flexibility index (Phi) is 24.0. The first-order chi connectivity index (χ1) is 21.2. The van der Waals surface area contributed by atoms with E-state index in [4.69, 9.17) is 14.2 Å². The molecular weight excluding hydrogens is 594 g/mol. The number of amides is 3. The van der Waals surface area contributed by atoms with Crippen molar-refractivity contribution in [2.24, 2.45) is 0 Å². The highest BCUT2D eigenvalue weighted by molar-refractivity contribution is 7.99. The van der Waals surface area contributed by atoms with Gasteiger partial charge in [-0.3, -0.25) is 9.59 Å². The number of methoxy groups -OCH3 is 1. The van der Waals surface area contributed by atoms with Crippen molar-refractivity contribution in [2.75, 3.05) is 31.8 Å². The molecule has 3 amide bonds. The van der Waals surface area contributed by atoms with Gasteiger partial charge in [0.15, 0.2) is 6.04 Å². The lowest BCUT2D eigenvalue weighted by Crippen LogP contribution is -2.55. The van der Waals surface area contributed by atoms with E-state index >= 15 is 0 Å². The maximum atomic E-state index is 13.1. The van der Waals surface area contributed by atoms with Crippen LogP contribution in [0.15, 0.2) is 0 Å². The number of rotatable bonds is 25. The fourth-order valence-corrected chi connectivity index (χ4v) is 5.29. The number of ether oxygens (including phenoxy) is 3. The van der Waals surface area contributed by atoms with Gasteiger partial charge in [-0.15, -0.1) is 0 Å². The lowest BCUT2D eigenvalue weighted by molar-refractivity contribution is -0.148. The van der Waals surface area contributed by atoms with Gasteiger partial charge in [0, 0.05) is 24.5 Å². The Balaban J connectivity index is 4.46.